The third-order valence-electron chi connectivity index (χ3n) is 5.10. The van der Waals surface area contributed by atoms with Crippen LogP contribution in [0.3, 0.4) is 0 Å². The fraction of sp³-hybridized carbons (Fsp3) is 0.667. The average molecular weight is 248 g/mol. The molecular weight excluding hydrogens is 228 g/mol. The summed E-state index contributed by atoms with van der Waals surface area (Å²) in [6.45, 7) is 6.20. The third-order valence-corrected chi connectivity index (χ3v) is 5.10. The smallest absolute Gasteiger partial charge is 0.333 e. The molecule has 0 spiro atoms. The predicted molar refractivity (Wildman–Crippen MR) is 67.5 cm³/mol. The molecule has 0 aromatic carbocycles. The number of hydrogen-bond acceptors (Lipinski definition) is 3. The Balaban J connectivity index is 2.07. The second-order valence-electron chi connectivity index (χ2n) is 6.48. The van der Waals surface area contributed by atoms with Crippen molar-refractivity contribution in [3.8, 4) is 0 Å². The van der Waals surface area contributed by atoms with Crippen molar-refractivity contribution >= 4 is 5.97 Å². The quantitative estimate of drug-likeness (QED) is 0.529. The van der Waals surface area contributed by atoms with Crippen LogP contribution >= 0.6 is 0 Å². The molecule has 1 N–H and O–H groups in total. The van der Waals surface area contributed by atoms with Crippen LogP contribution < -0.4 is 0 Å². The Bertz CT molecular complexity index is 472. The average Bonchev–Trinajstić information content (AvgIpc) is 2.54. The number of esters is 1. The van der Waals surface area contributed by atoms with E-state index in [4.69, 9.17) is 4.74 Å². The molecule has 0 aromatic heterocycles. The first-order valence-corrected chi connectivity index (χ1v) is 6.68. The molecule has 1 aliphatic heterocycles. The highest BCUT2D eigenvalue weighted by Gasteiger charge is 2.61. The number of carbonyl (C=O) groups is 1. The van der Waals surface area contributed by atoms with E-state index >= 15 is 0 Å². The molecule has 1 fully saturated rings. The number of fused-ring (bicyclic) bond motifs is 2. The fourth-order valence-electron chi connectivity index (χ4n) is 3.99. The number of rotatable bonds is 0. The number of allylic oxidation sites excluding steroid dienone is 2. The number of aliphatic hydroxyl groups is 1. The number of carbonyl (C=O) groups excluding carboxylic acids is 1. The van der Waals surface area contributed by atoms with Crippen LogP contribution in [0.25, 0.3) is 0 Å². The lowest BCUT2D eigenvalue weighted by Crippen LogP contribution is -2.56. The summed E-state index contributed by atoms with van der Waals surface area (Å²) in [6.07, 6.45) is 6.68. The van der Waals surface area contributed by atoms with E-state index in [1.54, 1.807) is 0 Å². The van der Waals surface area contributed by atoms with E-state index in [0.29, 0.717) is 11.8 Å². The monoisotopic (exact) mass is 248 g/mol. The number of hydrogen-bond donors (Lipinski definition) is 1. The summed E-state index contributed by atoms with van der Waals surface area (Å²) in [7, 11) is 0. The largest absolute Gasteiger partial charge is 0.425 e. The van der Waals surface area contributed by atoms with Gasteiger partial charge in [0.1, 0.15) is 0 Å². The molecule has 3 aliphatic rings. The number of ether oxygens (including phenoxy) is 1. The van der Waals surface area contributed by atoms with Crippen LogP contribution in [-0.2, 0) is 9.53 Å². The molecular formula is C15H20O3. The molecule has 0 radical (unpaired) electrons. The molecule has 0 unspecified atom stereocenters. The molecule has 3 rings (SSSR count). The molecule has 98 valence electrons. The topological polar surface area (TPSA) is 46.5 Å². The van der Waals surface area contributed by atoms with Crippen LogP contribution in [-0.4, -0.2) is 16.9 Å². The Morgan fingerprint density at radius 3 is 2.89 bits per heavy atom. The van der Waals surface area contributed by atoms with Crippen LogP contribution in [0.15, 0.2) is 23.3 Å². The van der Waals surface area contributed by atoms with E-state index in [2.05, 4.69) is 13.0 Å². The SMILES string of the molecule is CC1=C[C@@H]2CC3=CC(=O)O[C@]3(O)C(C)(C)[C@H]2CC1. The van der Waals surface area contributed by atoms with E-state index in [-0.39, 0.29) is 0 Å². The highest BCUT2D eigenvalue weighted by atomic mass is 16.7. The van der Waals surface area contributed by atoms with Gasteiger partial charge in [-0.3, -0.25) is 0 Å². The molecule has 1 saturated carbocycles. The molecule has 3 atom stereocenters. The molecule has 18 heavy (non-hydrogen) atoms. The Labute approximate surface area is 108 Å². The van der Waals surface area contributed by atoms with E-state index in [9.17, 15) is 9.90 Å². The van der Waals surface area contributed by atoms with Crippen molar-refractivity contribution in [3.05, 3.63) is 23.3 Å². The summed E-state index contributed by atoms with van der Waals surface area (Å²) < 4.78 is 5.25. The molecule has 3 heteroatoms. The van der Waals surface area contributed by atoms with Gasteiger partial charge in [-0.2, -0.15) is 0 Å². The molecule has 3 nitrogen and oxygen atoms in total. The second-order valence-corrected chi connectivity index (χ2v) is 6.48. The van der Waals surface area contributed by atoms with Crippen LogP contribution in [0.5, 0.6) is 0 Å². The Kier molecular flexibility index (Phi) is 2.31. The highest BCUT2D eigenvalue weighted by molar-refractivity contribution is 5.86. The Morgan fingerprint density at radius 2 is 2.17 bits per heavy atom. The summed E-state index contributed by atoms with van der Waals surface area (Å²) in [5.74, 6) is -0.992. The Hall–Kier alpha value is -1.09. The van der Waals surface area contributed by atoms with Crippen LogP contribution in [0.1, 0.15) is 40.0 Å². The first-order valence-electron chi connectivity index (χ1n) is 6.68. The summed E-state index contributed by atoms with van der Waals surface area (Å²) in [6, 6.07) is 0. The van der Waals surface area contributed by atoms with Crippen LogP contribution in [0.2, 0.25) is 0 Å². The third kappa shape index (κ3) is 1.37. The van der Waals surface area contributed by atoms with Crippen LogP contribution in [0.4, 0.5) is 0 Å². The predicted octanol–water partition coefficient (Wildman–Crippen LogP) is 2.56. The fourth-order valence-corrected chi connectivity index (χ4v) is 3.99. The van der Waals surface area contributed by atoms with Crippen molar-refractivity contribution in [1.82, 2.24) is 0 Å². The van der Waals surface area contributed by atoms with Gasteiger partial charge in [-0.1, -0.05) is 25.5 Å². The van der Waals surface area contributed by atoms with Gasteiger partial charge < -0.3 is 9.84 Å². The maximum Gasteiger partial charge on any atom is 0.333 e. The van der Waals surface area contributed by atoms with E-state index in [0.717, 1.165) is 24.8 Å². The first kappa shape index (κ1) is 12.0. The lowest BCUT2D eigenvalue weighted by molar-refractivity contribution is -0.247. The van der Waals surface area contributed by atoms with Gasteiger partial charge in [0.25, 0.3) is 0 Å². The van der Waals surface area contributed by atoms with Crippen molar-refractivity contribution in [3.63, 3.8) is 0 Å². The van der Waals surface area contributed by atoms with E-state index < -0.39 is 17.2 Å². The summed E-state index contributed by atoms with van der Waals surface area (Å²) >= 11 is 0. The van der Waals surface area contributed by atoms with E-state index in [1.165, 1.54) is 11.6 Å². The van der Waals surface area contributed by atoms with Gasteiger partial charge in [-0.15, -0.1) is 0 Å². The van der Waals surface area contributed by atoms with Gasteiger partial charge in [0.05, 0.1) is 0 Å². The van der Waals surface area contributed by atoms with Gasteiger partial charge in [0, 0.05) is 17.1 Å². The Morgan fingerprint density at radius 1 is 1.44 bits per heavy atom. The maximum absolute atomic E-state index is 11.5. The zero-order valence-corrected chi connectivity index (χ0v) is 11.2. The summed E-state index contributed by atoms with van der Waals surface area (Å²) in [5.41, 5.74) is 1.75. The minimum absolute atomic E-state index is 0.370. The first-order chi connectivity index (χ1) is 8.34. The zero-order chi connectivity index (χ0) is 13.1. The normalized spacial score (nSPS) is 41.4. The van der Waals surface area contributed by atoms with E-state index in [1.807, 2.05) is 13.8 Å². The van der Waals surface area contributed by atoms with Gasteiger partial charge in [-0.05, 0) is 38.0 Å². The van der Waals surface area contributed by atoms with Crippen molar-refractivity contribution < 1.29 is 14.6 Å². The lowest BCUT2D eigenvalue weighted by atomic mass is 9.56. The highest BCUT2D eigenvalue weighted by Crippen LogP contribution is 2.58. The molecule has 0 saturated heterocycles. The summed E-state index contributed by atoms with van der Waals surface area (Å²) in [4.78, 5) is 11.5. The van der Waals surface area contributed by atoms with Crippen molar-refractivity contribution in [2.45, 2.75) is 45.8 Å². The molecule has 0 aromatic rings. The molecule has 0 bridgehead atoms. The van der Waals surface area contributed by atoms with Gasteiger partial charge >= 0.3 is 5.97 Å². The minimum Gasteiger partial charge on any atom is -0.425 e. The van der Waals surface area contributed by atoms with Gasteiger partial charge in [0.15, 0.2) is 0 Å². The van der Waals surface area contributed by atoms with Gasteiger partial charge in [0.2, 0.25) is 5.79 Å². The zero-order valence-electron chi connectivity index (χ0n) is 11.2. The van der Waals surface area contributed by atoms with Crippen LogP contribution in [0, 0.1) is 17.3 Å². The second kappa shape index (κ2) is 3.47. The van der Waals surface area contributed by atoms with Gasteiger partial charge in [-0.25, -0.2) is 4.79 Å². The summed E-state index contributed by atoms with van der Waals surface area (Å²) in [5, 5.41) is 10.8. The lowest BCUT2D eigenvalue weighted by Gasteiger charge is -2.53. The van der Waals surface area contributed by atoms with Crippen molar-refractivity contribution in [2.75, 3.05) is 0 Å². The molecule has 1 heterocycles. The molecule has 2 aliphatic carbocycles. The standard InChI is InChI=1S/C15H20O3/c1-9-4-5-12-10(6-9)7-11-8-13(16)18-15(11,17)14(12,2)3/h6,8,10,12,17H,4-5,7H2,1-3H3/t10-,12+,15+/m1/s1. The minimum atomic E-state index is -1.38. The molecule has 0 amide bonds. The van der Waals surface area contributed by atoms with Crippen molar-refractivity contribution in [1.29, 1.82) is 0 Å². The maximum atomic E-state index is 11.5. The van der Waals surface area contributed by atoms with Crippen molar-refractivity contribution in [2.24, 2.45) is 17.3 Å².